The maximum atomic E-state index is 12.2. The van der Waals surface area contributed by atoms with Gasteiger partial charge in [-0.2, -0.15) is 0 Å². The molecule has 140 valence electrons. The van der Waals surface area contributed by atoms with Crippen LogP contribution in [0.25, 0.3) is 0 Å². The van der Waals surface area contributed by atoms with Crippen LogP contribution in [0.5, 0.6) is 0 Å². The zero-order chi connectivity index (χ0) is 17.2. The number of piperidine rings is 1. The van der Waals surface area contributed by atoms with Crippen molar-refractivity contribution in [3.63, 3.8) is 0 Å². The molecular weight excluding hydrogens is 336 g/mol. The predicted octanol–water partition coefficient (Wildman–Crippen LogP) is 1.04. The molecule has 2 unspecified atom stereocenters. The first kappa shape index (κ1) is 22.7. The van der Waals surface area contributed by atoms with Gasteiger partial charge in [-0.3, -0.25) is 4.79 Å². The molecule has 2 atom stereocenters. The lowest BCUT2D eigenvalue weighted by Gasteiger charge is -2.28. The summed E-state index contributed by atoms with van der Waals surface area (Å²) < 4.78 is 9.66. The number of hydrogen-bond acceptors (Lipinski definition) is 6. The third kappa shape index (κ3) is 7.49. The fourth-order valence-corrected chi connectivity index (χ4v) is 2.71. The minimum Gasteiger partial charge on any atom is -0.464 e. The van der Waals surface area contributed by atoms with E-state index in [9.17, 15) is 14.4 Å². The summed E-state index contributed by atoms with van der Waals surface area (Å²) in [6.07, 6.45) is 2.45. The fraction of sp³-hybridized carbons (Fsp3) is 0.812. The van der Waals surface area contributed by atoms with Gasteiger partial charge in [-0.15, -0.1) is 12.4 Å². The van der Waals surface area contributed by atoms with Gasteiger partial charge >= 0.3 is 11.9 Å². The van der Waals surface area contributed by atoms with E-state index in [1.807, 2.05) is 6.92 Å². The molecule has 1 aliphatic rings. The summed E-state index contributed by atoms with van der Waals surface area (Å²) in [5.74, 6) is -1.31. The van der Waals surface area contributed by atoms with Crippen LogP contribution in [-0.2, 0) is 23.9 Å². The van der Waals surface area contributed by atoms with Crippen LogP contribution in [0.2, 0.25) is 0 Å². The number of hydrogen-bond donors (Lipinski definition) is 2. The third-order valence-corrected chi connectivity index (χ3v) is 4.00. The summed E-state index contributed by atoms with van der Waals surface area (Å²) in [6.45, 7) is 7.47. The Kier molecular flexibility index (Phi) is 11.4. The highest BCUT2D eigenvalue weighted by atomic mass is 35.5. The Morgan fingerprint density at radius 2 is 1.75 bits per heavy atom. The van der Waals surface area contributed by atoms with Gasteiger partial charge in [-0.25, -0.2) is 9.59 Å². The summed E-state index contributed by atoms with van der Waals surface area (Å²) in [4.78, 5) is 35.8. The van der Waals surface area contributed by atoms with Crippen LogP contribution in [0.1, 0.15) is 40.0 Å². The molecule has 0 radical (unpaired) electrons. The van der Waals surface area contributed by atoms with Crippen molar-refractivity contribution in [2.75, 3.05) is 26.3 Å². The molecule has 1 aliphatic heterocycles. The molecule has 24 heavy (non-hydrogen) atoms. The predicted molar refractivity (Wildman–Crippen MR) is 91.8 cm³/mol. The van der Waals surface area contributed by atoms with Gasteiger partial charge in [-0.05, 0) is 51.6 Å². The molecular formula is C16H29ClN2O5. The Hall–Kier alpha value is -1.34. The zero-order valence-corrected chi connectivity index (χ0v) is 15.4. The number of amides is 1. The molecule has 0 aliphatic carbocycles. The van der Waals surface area contributed by atoms with E-state index in [1.165, 1.54) is 0 Å². The van der Waals surface area contributed by atoms with Crippen molar-refractivity contribution < 1.29 is 23.9 Å². The lowest BCUT2D eigenvalue weighted by Crippen LogP contribution is -2.49. The normalized spacial score (nSPS) is 18.2. The van der Waals surface area contributed by atoms with E-state index in [1.54, 1.807) is 13.8 Å². The second-order valence-corrected chi connectivity index (χ2v) is 5.79. The summed E-state index contributed by atoms with van der Waals surface area (Å²) >= 11 is 0. The first-order valence-corrected chi connectivity index (χ1v) is 8.32. The molecule has 8 heteroatoms. The molecule has 1 amide bonds. The minimum atomic E-state index is -1.39. The minimum absolute atomic E-state index is 0. The molecule has 1 heterocycles. The fourth-order valence-electron chi connectivity index (χ4n) is 2.71. The van der Waals surface area contributed by atoms with Crippen LogP contribution in [0.4, 0.5) is 0 Å². The van der Waals surface area contributed by atoms with E-state index < -0.39 is 18.0 Å². The van der Waals surface area contributed by atoms with E-state index in [2.05, 4.69) is 10.6 Å². The van der Waals surface area contributed by atoms with Gasteiger partial charge in [0, 0.05) is 6.42 Å². The van der Waals surface area contributed by atoms with Crippen LogP contribution in [-0.4, -0.2) is 50.2 Å². The number of esters is 2. The van der Waals surface area contributed by atoms with E-state index in [-0.39, 0.29) is 43.9 Å². The molecule has 1 fully saturated rings. The van der Waals surface area contributed by atoms with Gasteiger partial charge in [0.15, 0.2) is 0 Å². The second-order valence-electron chi connectivity index (χ2n) is 5.79. The first-order valence-electron chi connectivity index (χ1n) is 8.32. The van der Waals surface area contributed by atoms with E-state index in [4.69, 9.17) is 9.47 Å². The van der Waals surface area contributed by atoms with Crippen LogP contribution in [0, 0.1) is 11.8 Å². The summed E-state index contributed by atoms with van der Waals surface area (Å²) in [7, 11) is 0. The van der Waals surface area contributed by atoms with Crippen LogP contribution in [0.3, 0.4) is 0 Å². The average Bonchev–Trinajstić information content (AvgIpc) is 2.53. The van der Waals surface area contributed by atoms with E-state index >= 15 is 0 Å². The van der Waals surface area contributed by atoms with Gasteiger partial charge < -0.3 is 20.1 Å². The number of nitrogens with one attached hydrogen (secondary N) is 2. The molecule has 0 aromatic rings. The largest absolute Gasteiger partial charge is 0.464 e. The number of ether oxygens (including phenoxy) is 2. The Balaban J connectivity index is 0.00000529. The third-order valence-electron chi connectivity index (χ3n) is 4.00. The number of halogens is 1. The molecule has 1 saturated heterocycles. The zero-order valence-electron chi connectivity index (χ0n) is 14.6. The van der Waals surface area contributed by atoms with Crippen molar-refractivity contribution in [2.24, 2.45) is 11.8 Å². The van der Waals surface area contributed by atoms with Gasteiger partial charge in [0.2, 0.25) is 11.9 Å². The van der Waals surface area contributed by atoms with Gasteiger partial charge in [0.25, 0.3) is 0 Å². The smallest absolute Gasteiger partial charge is 0.340 e. The van der Waals surface area contributed by atoms with Gasteiger partial charge in [0.05, 0.1) is 13.2 Å². The SMILES string of the molecule is CCOC(=O)C(NC(=O)CC(C)C1CCCNC1)C(=O)OCC.Cl. The van der Waals surface area contributed by atoms with E-state index in [0.717, 1.165) is 25.9 Å². The van der Waals surface area contributed by atoms with Crippen molar-refractivity contribution in [2.45, 2.75) is 46.1 Å². The van der Waals surface area contributed by atoms with E-state index in [0.29, 0.717) is 5.92 Å². The molecule has 2 N–H and O–H groups in total. The maximum Gasteiger partial charge on any atom is 0.340 e. The van der Waals surface area contributed by atoms with Gasteiger partial charge in [-0.1, -0.05) is 6.92 Å². The average molecular weight is 365 g/mol. The number of carbonyl (C=O) groups excluding carboxylic acids is 3. The highest BCUT2D eigenvalue weighted by Crippen LogP contribution is 2.22. The second kappa shape index (κ2) is 12.1. The monoisotopic (exact) mass is 364 g/mol. The highest BCUT2D eigenvalue weighted by Gasteiger charge is 2.32. The van der Waals surface area contributed by atoms with Crippen molar-refractivity contribution in [1.29, 1.82) is 0 Å². The molecule has 7 nitrogen and oxygen atoms in total. The number of rotatable bonds is 8. The summed E-state index contributed by atoms with van der Waals surface area (Å²) in [5.41, 5.74) is 0. The molecule has 1 rings (SSSR count). The Labute approximate surface area is 149 Å². The Morgan fingerprint density at radius 3 is 2.21 bits per heavy atom. The van der Waals surface area contributed by atoms with Crippen molar-refractivity contribution >= 4 is 30.3 Å². The van der Waals surface area contributed by atoms with Gasteiger partial charge in [0.1, 0.15) is 0 Å². The van der Waals surface area contributed by atoms with Crippen LogP contribution < -0.4 is 10.6 Å². The molecule has 0 bridgehead atoms. The summed E-state index contributed by atoms with van der Waals surface area (Å²) in [5, 5.41) is 5.77. The lowest BCUT2D eigenvalue weighted by atomic mass is 9.85. The molecule has 0 aromatic heterocycles. The quantitative estimate of drug-likeness (QED) is 0.494. The number of carbonyl (C=O) groups is 3. The first-order chi connectivity index (χ1) is 11.0. The lowest BCUT2D eigenvalue weighted by molar-refractivity contribution is -0.159. The summed E-state index contributed by atoms with van der Waals surface area (Å²) in [6, 6.07) is -1.39. The maximum absolute atomic E-state index is 12.2. The molecule has 0 saturated carbocycles. The standard InChI is InChI=1S/C16H28N2O5.ClH/c1-4-22-15(20)14(16(21)23-5-2)18-13(19)9-11(3)12-7-6-8-17-10-12;/h11-12,14,17H,4-10H2,1-3H3,(H,18,19);1H. The van der Waals surface area contributed by atoms with Crippen molar-refractivity contribution in [3.05, 3.63) is 0 Å². The highest BCUT2D eigenvalue weighted by molar-refractivity contribution is 6.02. The van der Waals surface area contributed by atoms with Crippen molar-refractivity contribution in [3.8, 4) is 0 Å². The Bertz CT molecular complexity index is 395. The van der Waals surface area contributed by atoms with Crippen molar-refractivity contribution in [1.82, 2.24) is 10.6 Å². The molecule has 0 aromatic carbocycles. The van der Waals surface area contributed by atoms with Crippen LogP contribution in [0.15, 0.2) is 0 Å². The Morgan fingerprint density at radius 1 is 1.17 bits per heavy atom. The topological polar surface area (TPSA) is 93.7 Å². The molecule has 0 spiro atoms. The van der Waals surface area contributed by atoms with Crippen LogP contribution >= 0.6 is 12.4 Å².